The molecule has 1 atom stereocenters. The summed E-state index contributed by atoms with van der Waals surface area (Å²) < 4.78 is 1.80. The van der Waals surface area contributed by atoms with Crippen LogP contribution in [0.1, 0.15) is 74.6 Å². The molecule has 218 valence electrons. The Morgan fingerprint density at radius 3 is 2.40 bits per heavy atom. The number of aromatic nitrogens is 2. The Bertz CT molecular complexity index is 1670. The van der Waals surface area contributed by atoms with Gasteiger partial charge in [0.25, 0.3) is 11.5 Å². The molecule has 0 bridgehead atoms. The van der Waals surface area contributed by atoms with Crippen LogP contribution in [0.4, 0.5) is 0 Å². The number of benzene rings is 2. The fraction of sp³-hybridized carbons (Fsp3) is 0.343. The molecular formula is C35H38ClN3O2S. The number of rotatable bonds is 7. The number of likely N-dealkylation sites (tertiary alicyclic amines) is 1. The highest BCUT2D eigenvalue weighted by Gasteiger charge is 2.28. The van der Waals surface area contributed by atoms with Crippen molar-refractivity contribution in [2.24, 2.45) is 5.92 Å². The quantitative estimate of drug-likeness (QED) is 0.213. The van der Waals surface area contributed by atoms with Gasteiger partial charge in [-0.2, -0.15) is 0 Å². The van der Waals surface area contributed by atoms with E-state index in [4.69, 9.17) is 16.6 Å². The number of piperidine rings is 1. The van der Waals surface area contributed by atoms with E-state index in [1.54, 1.807) is 10.6 Å². The number of aryl methyl sites for hydroxylation is 2. The average molecular weight is 600 g/mol. The fourth-order valence-electron chi connectivity index (χ4n) is 5.79. The van der Waals surface area contributed by atoms with Gasteiger partial charge in [-0.25, -0.2) is 4.98 Å². The van der Waals surface area contributed by atoms with E-state index in [-0.39, 0.29) is 11.5 Å². The summed E-state index contributed by atoms with van der Waals surface area (Å²) in [5.74, 6) is 0.402. The SMILES string of the molecule is CCc1cccc(CC)c1-n1c(C=C(C)C)c(C(=O)N2CCCC(C)C2)cc(-c2nc(-c3ccc(Cl)cc3)cs2)c1=O. The lowest BCUT2D eigenvalue weighted by Gasteiger charge is -2.32. The second kappa shape index (κ2) is 12.8. The Kier molecular flexibility index (Phi) is 9.14. The maximum atomic E-state index is 14.7. The summed E-state index contributed by atoms with van der Waals surface area (Å²) in [7, 11) is 0. The van der Waals surface area contributed by atoms with Crippen LogP contribution >= 0.6 is 22.9 Å². The first-order valence-electron chi connectivity index (χ1n) is 14.8. The summed E-state index contributed by atoms with van der Waals surface area (Å²) in [4.78, 5) is 35.9. The third kappa shape index (κ3) is 6.02. The lowest BCUT2D eigenvalue weighted by molar-refractivity contribution is 0.0682. The second-order valence-electron chi connectivity index (χ2n) is 11.4. The molecule has 5 nitrogen and oxygen atoms in total. The van der Waals surface area contributed by atoms with Gasteiger partial charge in [0.2, 0.25) is 0 Å². The fourth-order valence-corrected chi connectivity index (χ4v) is 6.75. The van der Waals surface area contributed by atoms with Crippen molar-refractivity contribution in [3.05, 3.63) is 97.2 Å². The largest absolute Gasteiger partial charge is 0.338 e. The summed E-state index contributed by atoms with van der Waals surface area (Å²) in [5.41, 5.74) is 7.17. The summed E-state index contributed by atoms with van der Waals surface area (Å²) in [5, 5.41) is 3.21. The van der Waals surface area contributed by atoms with Crippen LogP contribution in [0.15, 0.2) is 64.3 Å². The molecule has 1 fully saturated rings. The van der Waals surface area contributed by atoms with Crippen molar-refractivity contribution in [3.8, 4) is 27.5 Å². The number of hydrogen-bond acceptors (Lipinski definition) is 4. The molecule has 1 aliphatic heterocycles. The van der Waals surface area contributed by atoms with Crippen molar-refractivity contribution in [2.45, 2.75) is 60.3 Å². The van der Waals surface area contributed by atoms with Gasteiger partial charge in [-0.15, -0.1) is 11.3 Å². The number of nitrogens with zero attached hydrogens (tertiary/aromatic N) is 3. The van der Waals surface area contributed by atoms with E-state index in [2.05, 4.69) is 39.0 Å². The minimum absolute atomic E-state index is 0.0365. The number of para-hydroxylation sites is 1. The van der Waals surface area contributed by atoms with Gasteiger partial charge < -0.3 is 4.90 Å². The Balaban J connectivity index is 1.82. The van der Waals surface area contributed by atoms with Crippen molar-refractivity contribution in [3.63, 3.8) is 0 Å². The Hall–Kier alpha value is -3.48. The van der Waals surface area contributed by atoms with Gasteiger partial charge in [-0.05, 0) is 80.9 Å². The number of hydrogen-bond donors (Lipinski definition) is 0. The van der Waals surface area contributed by atoms with Crippen LogP contribution in [0.2, 0.25) is 5.02 Å². The van der Waals surface area contributed by atoms with Crippen LogP contribution in [0.5, 0.6) is 0 Å². The Morgan fingerprint density at radius 1 is 1.10 bits per heavy atom. The van der Waals surface area contributed by atoms with Gasteiger partial charge in [0, 0.05) is 29.1 Å². The number of carbonyl (C=O) groups excluding carboxylic acids is 1. The van der Waals surface area contributed by atoms with Gasteiger partial charge >= 0.3 is 0 Å². The molecule has 3 heterocycles. The normalized spacial score (nSPS) is 15.1. The van der Waals surface area contributed by atoms with E-state index in [1.165, 1.54) is 11.3 Å². The summed E-state index contributed by atoms with van der Waals surface area (Å²) in [6.07, 6.45) is 5.61. The monoisotopic (exact) mass is 599 g/mol. The second-order valence-corrected chi connectivity index (χ2v) is 12.7. The molecule has 0 aliphatic carbocycles. The topological polar surface area (TPSA) is 55.2 Å². The van der Waals surface area contributed by atoms with Crippen LogP contribution in [0, 0.1) is 5.92 Å². The zero-order valence-electron chi connectivity index (χ0n) is 25.0. The summed E-state index contributed by atoms with van der Waals surface area (Å²) in [6.45, 7) is 11.8. The maximum Gasteiger partial charge on any atom is 0.265 e. The third-order valence-corrected chi connectivity index (χ3v) is 9.03. The molecule has 0 N–H and O–H groups in total. The highest BCUT2D eigenvalue weighted by Crippen LogP contribution is 2.32. The smallest absolute Gasteiger partial charge is 0.265 e. The number of carbonyl (C=O) groups is 1. The standard InChI is InChI=1S/C35H38ClN3O2S/c1-6-24-11-8-12-25(7-2)32(24)39-31(18-22(3)4)28(34(40)38-17-9-10-23(5)20-38)19-29(35(39)41)33-37-30(21-42-33)26-13-15-27(36)16-14-26/h8,11-16,18-19,21,23H,6-7,9-10,17,20H2,1-5H3. The third-order valence-electron chi connectivity index (χ3n) is 7.90. The van der Waals surface area contributed by atoms with E-state index in [0.29, 0.717) is 39.3 Å². The van der Waals surface area contributed by atoms with E-state index in [9.17, 15) is 9.59 Å². The molecule has 2 aromatic heterocycles. The first-order chi connectivity index (χ1) is 20.2. The zero-order valence-corrected chi connectivity index (χ0v) is 26.6. The molecule has 1 aliphatic rings. The molecule has 4 aromatic rings. The number of thiazole rings is 1. The first-order valence-corrected chi connectivity index (χ1v) is 16.0. The van der Waals surface area contributed by atoms with E-state index in [0.717, 1.165) is 65.9 Å². The molecular weight excluding hydrogens is 562 g/mol. The molecule has 5 rings (SSSR count). The predicted molar refractivity (Wildman–Crippen MR) is 176 cm³/mol. The van der Waals surface area contributed by atoms with E-state index >= 15 is 0 Å². The highest BCUT2D eigenvalue weighted by atomic mass is 35.5. The summed E-state index contributed by atoms with van der Waals surface area (Å²) in [6, 6.07) is 15.5. The van der Waals surface area contributed by atoms with Gasteiger partial charge in [0.05, 0.1) is 28.2 Å². The first kappa shape index (κ1) is 30.0. The van der Waals surface area contributed by atoms with Gasteiger partial charge in [-0.3, -0.25) is 14.2 Å². The molecule has 0 radical (unpaired) electrons. The van der Waals surface area contributed by atoms with Crippen LogP contribution in [-0.4, -0.2) is 33.4 Å². The highest BCUT2D eigenvalue weighted by molar-refractivity contribution is 7.13. The van der Waals surface area contributed by atoms with Crippen LogP contribution in [0.25, 0.3) is 33.6 Å². The number of halogens is 1. The minimum atomic E-state index is -0.168. The van der Waals surface area contributed by atoms with Crippen LogP contribution in [-0.2, 0) is 12.8 Å². The molecule has 1 amide bonds. The zero-order chi connectivity index (χ0) is 30.0. The Morgan fingerprint density at radius 2 is 1.79 bits per heavy atom. The van der Waals surface area contributed by atoms with Gasteiger partial charge in [-0.1, -0.05) is 68.3 Å². The van der Waals surface area contributed by atoms with Crippen molar-refractivity contribution in [2.75, 3.05) is 13.1 Å². The molecule has 2 aromatic carbocycles. The Labute approximate surface area is 257 Å². The molecule has 7 heteroatoms. The van der Waals surface area contributed by atoms with E-state index in [1.807, 2.05) is 54.5 Å². The van der Waals surface area contributed by atoms with Crippen LogP contribution < -0.4 is 5.56 Å². The molecule has 0 spiro atoms. The van der Waals surface area contributed by atoms with E-state index < -0.39 is 0 Å². The molecule has 1 unspecified atom stereocenters. The van der Waals surface area contributed by atoms with Crippen molar-refractivity contribution >= 4 is 34.9 Å². The number of amides is 1. The molecule has 1 saturated heterocycles. The van der Waals surface area contributed by atoms with Crippen molar-refractivity contribution < 1.29 is 4.79 Å². The van der Waals surface area contributed by atoms with Crippen molar-refractivity contribution in [1.29, 1.82) is 0 Å². The predicted octanol–water partition coefficient (Wildman–Crippen LogP) is 8.70. The lowest BCUT2D eigenvalue weighted by atomic mass is 9.97. The summed E-state index contributed by atoms with van der Waals surface area (Å²) >= 11 is 7.53. The number of allylic oxidation sites excluding steroid dienone is 1. The molecule has 0 saturated carbocycles. The van der Waals surface area contributed by atoms with Gasteiger partial charge in [0.15, 0.2) is 0 Å². The van der Waals surface area contributed by atoms with Crippen LogP contribution in [0.3, 0.4) is 0 Å². The lowest BCUT2D eigenvalue weighted by Crippen LogP contribution is -2.40. The van der Waals surface area contributed by atoms with Gasteiger partial charge in [0.1, 0.15) is 5.01 Å². The average Bonchev–Trinajstić information content (AvgIpc) is 3.47. The minimum Gasteiger partial charge on any atom is -0.338 e. The van der Waals surface area contributed by atoms with Crippen molar-refractivity contribution in [1.82, 2.24) is 14.5 Å². The maximum absolute atomic E-state index is 14.7. The molecule has 42 heavy (non-hydrogen) atoms. The number of pyridine rings is 1.